The Hall–Kier alpha value is -1.26. The van der Waals surface area contributed by atoms with E-state index >= 15 is 0 Å². The van der Waals surface area contributed by atoms with Crippen LogP contribution in [0.15, 0.2) is 27.4 Å². The fourth-order valence-electron chi connectivity index (χ4n) is 2.53. The summed E-state index contributed by atoms with van der Waals surface area (Å²) < 4.78 is 12.4. The van der Waals surface area contributed by atoms with Gasteiger partial charge in [0.1, 0.15) is 0 Å². The highest BCUT2D eigenvalue weighted by Gasteiger charge is 2.24. The fraction of sp³-hybridized carbons (Fsp3) is 0.500. The third-order valence-corrected chi connectivity index (χ3v) is 4.21. The Kier molecular flexibility index (Phi) is 3.37. The van der Waals surface area contributed by atoms with Gasteiger partial charge in [0, 0.05) is 13.7 Å². The molecular weight excluding hydrogens is 266 g/mol. The first-order chi connectivity index (χ1) is 9.16. The number of ether oxygens (including phenoxy) is 1. The zero-order chi connectivity index (χ0) is 13.4. The Balaban J connectivity index is 1.94. The summed E-state index contributed by atoms with van der Waals surface area (Å²) in [7, 11) is 1.69. The second kappa shape index (κ2) is 5.02. The topological polar surface area (TPSA) is 44.4 Å². The summed E-state index contributed by atoms with van der Waals surface area (Å²) in [4.78, 5) is 11.5. The lowest BCUT2D eigenvalue weighted by atomic mass is 10.0. The first-order valence-electron chi connectivity index (χ1n) is 6.52. The SMILES string of the molecule is Cn1c(=O)oc2cc(C(Cl)C3CCCCO3)ccc21. The molecule has 1 fully saturated rings. The van der Waals surface area contributed by atoms with E-state index in [9.17, 15) is 4.79 Å². The quantitative estimate of drug-likeness (QED) is 0.795. The predicted molar refractivity (Wildman–Crippen MR) is 73.6 cm³/mol. The number of aryl methyl sites for hydroxylation is 1. The maximum Gasteiger partial charge on any atom is 0.419 e. The molecule has 0 radical (unpaired) electrons. The lowest BCUT2D eigenvalue weighted by Crippen LogP contribution is -2.23. The number of fused-ring (bicyclic) bond motifs is 1. The van der Waals surface area contributed by atoms with Crippen molar-refractivity contribution < 1.29 is 9.15 Å². The molecule has 0 aliphatic carbocycles. The van der Waals surface area contributed by atoms with Crippen molar-refractivity contribution in [1.29, 1.82) is 0 Å². The van der Waals surface area contributed by atoms with E-state index in [4.69, 9.17) is 20.8 Å². The number of hydrogen-bond acceptors (Lipinski definition) is 3. The van der Waals surface area contributed by atoms with Gasteiger partial charge in [-0.3, -0.25) is 4.57 Å². The number of halogens is 1. The van der Waals surface area contributed by atoms with Crippen molar-refractivity contribution in [2.24, 2.45) is 7.05 Å². The normalized spacial score (nSPS) is 21.7. The zero-order valence-electron chi connectivity index (χ0n) is 10.8. The van der Waals surface area contributed by atoms with E-state index in [1.165, 1.54) is 4.57 Å². The van der Waals surface area contributed by atoms with E-state index in [1.54, 1.807) is 7.05 Å². The molecule has 0 bridgehead atoms. The smallest absolute Gasteiger partial charge is 0.408 e. The number of aromatic nitrogens is 1. The van der Waals surface area contributed by atoms with Crippen LogP contribution < -0.4 is 5.76 Å². The molecule has 1 saturated heterocycles. The van der Waals surface area contributed by atoms with Gasteiger partial charge in [-0.15, -0.1) is 11.6 Å². The second-order valence-electron chi connectivity index (χ2n) is 4.96. The van der Waals surface area contributed by atoms with Gasteiger partial charge in [0.25, 0.3) is 0 Å². The van der Waals surface area contributed by atoms with Crippen molar-refractivity contribution in [3.63, 3.8) is 0 Å². The van der Waals surface area contributed by atoms with Gasteiger partial charge in [-0.1, -0.05) is 6.07 Å². The molecule has 1 aromatic heterocycles. The summed E-state index contributed by atoms with van der Waals surface area (Å²) in [5.41, 5.74) is 2.30. The Labute approximate surface area is 115 Å². The highest BCUT2D eigenvalue weighted by Crippen LogP contribution is 2.33. The van der Waals surface area contributed by atoms with Crippen molar-refractivity contribution in [3.05, 3.63) is 34.3 Å². The van der Waals surface area contributed by atoms with E-state index < -0.39 is 0 Å². The molecule has 0 amide bonds. The van der Waals surface area contributed by atoms with Crippen LogP contribution in [0.5, 0.6) is 0 Å². The zero-order valence-corrected chi connectivity index (χ0v) is 11.5. The lowest BCUT2D eigenvalue weighted by molar-refractivity contribution is 0.0136. The average Bonchev–Trinajstić information content (AvgIpc) is 2.74. The van der Waals surface area contributed by atoms with E-state index in [1.807, 2.05) is 18.2 Å². The molecule has 5 heteroatoms. The van der Waals surface area contributed by atoms with Crippen molar-refractivity contribution in [2.45, 2.75) is 30.7 Å². The van der Waals surface area contributed by atoms with Crippen molar-refractivity contribution in [3.8, 4) is 0 Å². The van der Waals surface area contributed by atoms with Crippen LogP contribution in [0.2, 0.25) is 0 Å². The third kappa shape index (κ3) is 2.30. The molecule has 2 unspecified atom stereocenters. The minimum atomic E-state index is -0.354. The van der Waals surface area contributed by atoms with Crippen LogP contribution in [0.4, 0.5) is 0 Å². The standard InChI is InChI=1S/C14H16ClNO3/c1-16-10-6-5-9(8-12(10)19-14(16)17)13(15)11-4-2-3-7-18-11/h5-6,8,11,13H,2-4,7H2,1H3. The summed E-state index contributed by atoms with van der Waals surface area (Å²) in [6.45, 7) is 0.774. The molecular formula is C14H16ClNO3. The molecule has 102 valence electrons. The summed E-state index contributed by atoms with van der Waals surface area (Å²) in [5, 5.41) is -0.199. The van der Waals surface area contributed by atoms with Crippen LogP contribution in [0.25, 0.3) is 11.1 Å². The monoisotopic (exact) mass is 281 g/mol. The summed E-state index contributed by atoms with van der Waals surface area (Å²) in [5.74, 6) is -0.354. The van der Waals surface area contributed by atoms with Crippen LogP contribution in [0, 0.1) is 0 Å². The van der Waals surface area contributed by atoms with Gasteiger partial charge in [0.05, 0.1) is 17.0 Å². The summed E-state index contributed by atoms with van der Waals surface area (Å²) in [6.07, 6.45) is 3.28. The van der Waals surface area contributed by atoms with Crippen molar-refractivity contribution >= 4 is 22.7 Å². The maximum atomic E-state index is 11.5. The molecule has 19 heavy (non-hydrogen) atoms. The van der Waals surface area contributed by atoms with Gasteiger partial charge in [0.2, 0.25) is 0 Å². The summed E-state index contributed by atoms with van der Waals surface area (Å²) >= 11 is 6.48. The van der Waals surface area contributed by atoms with Crippen LogP contribution in [-0.2, 0) is 11.8 Å². The van der Waals surface area contributed by atoms with Gasteiger partial charge in [-0.05, 0) is 37.0 Å². The van der Waals surface area contributed by atoms with Gasteiger partial charge >= 0.3 is 5.76 Å². The maximum absolute atomic E-state index is 11.5. The Morgan fingerprint density at radius 3 is 3.00 bits per heavy atom. The van der Waals surface area contributed by atoms with E-state index in [0.29, 0.717) is 5.58 Å². The molecule has 2 aromatic rings. The Morgan fingerprint density at radius 2 is 2.26 bits per heavy atom. The molecule has 1 aliphatic rings. The van der Waals surface area contributed by atoms with Gasteiger partial charge in [-0.25, -0.2) is 4.79 Å². The molecule has 4 nitrogen and oxygen atoms in total. The number of oxazole rings is 1. The van der Waals surface area contributed by atoms with E-state index in [2.05, 4.69) is 0 Å². The minimum absolute atomic E-state index is 0.0447. The molecule has 0 saturated carbocycles. The molecule has 2 atom stereocenters. The Morgan fingerprint density at radius 1 is 1.42 bits per heavy atom. The largest absolute Gasteiger partial charge is 0.419 e. The van der Waals surface area contributed by atoms with Gasteiger partial charge in [0.15, 0.2) is 5.58 Å². The molecule has 1 aromatic carbocycles. The number of rotatable bonds is 2. The van der Waals surface area contributed by atoms with Crippen LogP contribution in [-0.4, -0.2) is 17.3 Å². The molecule has 1 aliphatic heterocycles. The number of nitrogens with zero attached hydrogens (tertiary/aromatic N) is 1. The lowest BCUT2D eigenvalue weighted by Gasteiger charge is -2.26. The van der Waals surface area contributed by atoms with Crippen LogP contribution >= 0.6 is 11.6 Å². The third-order valence-electron chi connectivity index (χ3n) is 3.68. The van der Waals surface area contributed by atoms with E-state index in [-0.39, 0.29) is 17.2 Å². The first kappa shape index (κ1) is 12.8. The second-order valence-corrected chi connectivity index (χ2v) is 5.43. The van der Waals surface area contributed by atoms with Gasteiger partial charge < -0.3 is 9.15 Å². The minimum Gasteiger partial charge on any atom is -0.408 e. The first-order valence-corrected chi connectivity index (χ1v) is 6.95. The van der Waals surface area contributed by atoms with Crippen molar-refractivity contribution in [1.82, 2.24) is 4.57 Å². The van der Waals surface area contributed by atoms with E-state index in [0.717, 1.165) is 36.9 Å². The van der Waals surface area contributed by atoms with Gasteiger partial charge in [-0.2, -0.15) is 0 Å². The number of alkyl halides is 1. The fourth-order valence-corrected chi connectivity index (χ4v) is 2.87. The number of hydrogen-bond donors (Lipinski definition) is 0. The van der Waals surface area contributed by atoms with Crippen LogP contribution in [0.1, 0.15) is 30.2 Å². The van der Waals surface area contributed by atoms with Crippen LogP contribution in [0.3, 0.4) is 0 Å². The highest BCUT2D eigenvalue weighted by molar-refractivity contribution is 6.21. The molecule has 0 spiro atoms. The molecule has 3 rings (SSSR count). The van der Waals surface area contributed by atoms with Crippen molar-refractivity contribution in [2.75, 3.05) is 6.61 Å². The average molecular weight is 282 g/mol. The Bertz CT molecular complexity index is 640. The highest BCUT2D eigenvalue weighted by atomic mass is 35.5. The predicted octanol–water partition coefficient (Wildman–Crippen LogP) is 2.98. The summed E-state index contributed by atoms with van der Waals surface area (Å²) in [6, 6.07) is 5.65. The molecule has 2 heterocycles. The number of benzene rings is 1. The molecule has 0 N–H and O–H groups in total.